The molecule has 0 fully saturated rings. The average Bonchev–Trinajstić information content (AvgIpc) is 2.58. The zero-order valence-electron chi connectivity index (χ0n) is 14.5. The van der Waals surface area contributed by atoms with Crippen LogP contribution in [0.4, 0.5) is 0 Å². The first-order chi connectivity index (χ1) is 11.3. The number of hydrogen-bond donors (Lipinski definition) is 4. The van der Waals surface area contributed by atoms with Crippen molar-refractivity contribution < 1.29 is 20.4 Å². The van der Waals surface area contributed by atoms with Gasteiger partial charge >= 0.3 is 5.69 Å². The first-order valence-corrected chi connectivity index (χ1v) is 8.36. The maximum Gasteiger partial charge on any atom is 0.333 e. The molecule has 4 N–H and O–H groups in total. The summed E-state index contributed by atoms with van der Waals surface area (Å²) in [6.07, 6.45) is -1.57. The minimum Gasteiger partial charge on any atom is -0.494 e. The Morgan fingerprint density at radius 1 is 0.833 bits per heavy atom. The van der Waals surface area contributed by atoms with E-state index in [2.05, 4.69) is 0 Å². The Morgan fingerprint density at radius 2 is 1.29 bits per heavy atom. The van der Waals surface area contributed by atoms with E-state index in [0.29, 0.717) is 19.3 Å². The van der Waals surface area contributed by atoms with E-state index in [1.807, 2.05) is 0 Å². The smallest absolute Gasteiger partial charge is 0.333 e. The fourth-order valence-corrected chi connectivity index (χ4v) is 2.31. The highest BCUT2D eigenvalue weighted by Gasteiger charge is 2.22. The molecule has 0 spiro atoms. The molecule has 8 heteroatoms. The molecule has 8 nitrogen and oxygen atoms in total. The van der Waals surface area contributed by atoms with Gasteiger partial charge in [-0.15, -0.1) is 0 Å². The molecule has 0 saturated carbocycles. The van der Waals surface area contributed by atoms with Crippen LogP contribution in [0.25, 0.3) is 0 Å². The number of rotatable bonds is 9. The maximum atomic E-state index is 12.5. The summed E-state index contributed by atoms with van der Waals surface area (Å²) in [4.78, 5) is 25.0. The van der Waals surface area contributed by atoms with Crippen LogP contribution in [0.1, 0.15) is 45.6 Å². The number of aliphatic hydroxyl groups excluding tert-OH is 3. The van der Waals surface area contributed by atoms with Crippen LogP contribution in [0, 0.1) is 0 Å². The van der Waals surface area contributed by atoms with Gasteiger partial charge in [-0.25, -0.2) is 4.79 Å². The van der Waals surface area contributed by atoms with Crippen molar-refractivity contribution in [3.63, 3.8) is 0 Å². The molecule has 0 bridgehead atoms. The van der Waals surface area contributed by atoms with Gasteiger partial charge in [0.1, 0.15) is 0 Å². The molecule has 0 aliphatic rings. The second-order valence-electron chi connectivity index (χ2n) is 6.00. The van der Waals surface area contributed by atoms with Crippen LogP contribution < -0.4 is 11.2 Å². The maximum absolute atomic E-state index is 12.5. The Morgan fingerprint density at radius 3 is 1.75 bits per heavy atom. The quantitative estimate of drug-likeness (QED) is 0.482. The lowest BCUT2D eigenvalue weighted by atomic mass is 10.1. The molecule has 1 heterocycles. The van der Waals surface area contributed by atoms with Crippen molar-refractivity contribution in [2.45, 2.75) is 77.9 Å². The van der Waals surface area contributed by atoms with E-state index >= 15 is 0 Å². The Balaban J connectivity index is 3.52. The summed E-state index contributed by atoms with van der Waals surface area (Å²) in [5.74, 6) is -0.535. The van der Waals surface area contributed by atoms with Gasteiger partial charge in [0.25, 0.3) is 5.56 Å². The summed E-state index contributed by atoms with van der Waals surface area (Å²) in [6, 6.07) is 0. The van der Waals surface area contributed by atoms with Crippen LogP contribution >= 0.6 is 0 Å². The molecule has 0 aliphatic carbocycles. The normalized spacial score (nSPS) is 15.2. The third-order valence-corrected chi connectivity index (χ3v) is 4.13. The molecule has 0 aliphatic heterocycles. The highest BCUT2D eigenvalue weighted by molar-refractivity contribution is 5.24. The van der Waals surface area contributed by atoms with Gasteiger partial charge < -0.3 is 20.4 Å². The van der Waals surface area contributed by atoms with Crippen molar-refractivity contribution in [3.8, 4) is 5.88 Å². The number of hydrogen-bond acceptors (Lipinski definition) is 6. The second kappa shape index (κ2) is 9.00. The first kappa shape index (κ1) is 20.4. The van der Waals surface area contributed by atoms with Crippen LogP contribution in [0.3, 0.4) is 0 Å². The second-order valence-corrected chi connectivity index (χ2v) is 6.00. The van der Waals surface area contributed by atoms with Gasteiger partial charge in [-0.05, 0) is 19.3 Å². The predicted octanol–water partition coefficient (Wildman–Crippen LogP) is -0.429. The van der Waals surface area contributed by atoms with Gasteiger partial charge in [0, 0.05) is 6.42 Å². The molecule has 3 unspecified atom stereocenters. The average molecular weight is 344 g/mol. The molecule has 0 radical (unpaired) electrons. The molecule has 3 atom stereocenters. The number of aromatic nitrogens is 2. The highest BCUT2D eigenvalue weighted by atomic mass is 16.3. The molecule has 0 saturated heterocycles. The Labute approximate surface area is 140 Å². The lowest BCUT2D eigenvalue weighted by Crippen LogP contribution is -2.45. The number of nitrogens with zero attached hydrogens (tertiary/aromatic N) is 2. The van der Waals surface area contributed by atoms with E-state index in [-0.39, 0.29) is 25.1 Å². The van der Waals surface area contributed by atoms with Crippen molar-refractivity contribution in [2.75, 3.05) is 0 Å². The summed E-state index contributed by atoms with van der Waals surface area (Å²) in [6.45, 7) is 4.81. The van der Waals surface area contributed by atoms with Crippen LogP contribution in [0.15, 0.2) is 9.59 Å². The van der Waals surface area contributed by atoms with Gasteiger partial charge in [-0.1, -0.05) is 20.8 Å². The summed E-state index contributed by atoms with van der Waals surface area (Å²) < 4.78 is 1.78. The summed E-state index contributed by atoms with van der Waals surface area (Å²) in [5.41, 5.74) is -1.59. The largest absolute Gasteiger partial charge is 0.494 e. The van der Waals surface area contributed by atoms with E-state index in [1.54, 1.807) is 20.8 Å². The van der Waals surface area contributed by atoms with Crippen molar-refractivity contribution in [1.29, 1.82) is 0 Å². The van der Waals surface area contributed by atoms with Crippen molar-refractivity contribution in [3.05, 3.63) is 26.4 Å². The Bertz CT molecular complexity index is 604. The van der Waals surface area contributed by atoms with Crippen molar-refractivity contribution >= 4 is 0 Å². The molecule has 24 heavy (non-hydrogen) atoms. The van der Waals surface area contributed by atoms with E-state index in [1.165, 1.54) is 0 Å². The lowest BCUT2D eigenvalue weighted by molar-refractivity contribution is 0.132. The molecule has 0 aromatic carbocycles. The highest BCUT2D eigenvalue weighted by Crippen LogP contribution is 2.15. The van der Waals surface area contributed by atoms with E-state index in [0.717, 1.165) is 9.13 Å². The monoisotopic (exact) mass is 344 g/mol. The van der Waals surface area contributed by atoms with Gasteiger partial charge in [-0.2, -0.15) is 0 Å². The first-order valence-electron chi connectivity index (χ1n) is 8.36. The van der Waals surface area contributed by atoms with E-state index in [4.69, 9.17) is 0 Å². The van der Waals surface area contributed by atoms with Crippen LogP contribution in [-0.4, -0.2) is 47.9 Å². The molecule has 1 rings (SSSR count). The standard InChI is InChI=1S/C16H28N2O6/c1-4-10(19)7-13-14(22)17(8-11(20)5-2)16(24)18(15(13)23)9-12(21)6-3/h10-12,19-22H,4-9H2,1-3H3. The van der Waals surface area contributed by atoms with Crippen molar-refractivity contribution in [1.82, 2.24) is 9.13 Å². The summed E-state index contributed by atoms with van der Waals surface area (Å²) in [5, 5.41) is 39.8. The zero-order valence-corrected chi connectivity index (χ0v) is 14.5. The number of aromatic hydroxyl groups is 1. The third kappa shape index (κ3) is 4.68. The van der Waals surface area contributed by atoms with Crippen LogP contribution in [-0.2, 0) is 19.5 Å². The molecule has 1 aromatic rings. The van der Waals surface area contributed by atoms with Gasteiger partial charge in [-0.3, -0.25) is 13.9 Å². The summed E-state index contributed by atoms with van der Waals surface area (Å²) in [7, 11) is 0. The molecule has 0 amide bonds. The topological polar surface area (TPSA) is 125 Å². The minimum absolute atomic E-state index is 0.0874. The van der Waals surface area contributed by atoms with E-state index in [9.17, 15) is 30.0 Å². The molecular formula is C16H28N2O6. The van der Waals surface area contributed by atoms with Gasteiger partial charge in [0.15, 0.2) is 0 Å². The Hall–Kier alpha value is -1.64. The summed E-state index contributed by atoms with van der Waals surface area (Å²) >= 11 is 0. The van der Waals surface area contributed by atoms with Gasteiger partial charge in [0.05, 0.1) is 37.0 Å². The minimum atomic E-state index is -0.881. The third-order valence-electron chi connectivity index (χ3n) is 4.13. The van der Waals surface area contributed by atoms with Gasteiger partial charge in [0.2, 0.25) is 5.88 Å². The number of aliphatic hydroxyl groups is 3. The molecule has 1 aromatic heterocycles. The van der Waals surface area contributed by atoms with Crippen LogP contribution in [0.2, 0.25) is 0 Å². The Kier molecular flexibility index (Phi) is 7.65. The zero-order chi connectivity index (χ0) is 18.4. The van der Waals surface area contributed by atoms with Crippen molar-refractivity contribution in [2.24, 2.45) is 0 Å². The molecule has 138 valence electrons. The van der Waals surface area contributed by atoms with Crippen LogP contribution in [0.5, 0.6) is 5.88 Å². The predicted molar refractivity (Wildman–Crippen MR) is 89.2 cm³/mol. The molecular weight excluding hydrogens is 316 g/mol. The fraction of sp³-hybridized carbons (Fsp3) is 0.750. The fourth-order valence-electron chi connectivity index (χ4n) is 2.31. The SMILES string of the molecule is CCC(O)Cc1c(O)n(CC(O)CC)c(=O)n(CC(O)CC)c1=O. The van der Waals surface area contributed by atoms with E-state index < -0.39 is 35.4 Å². The lowest BCUT2D eigenvalue weighted by Gasteiger charge is -2.19.